The fraction of sp³-hybridized carbons (Fsp3) is 0.500. The van der Waals surface area contributed by atoms with Gasteiger partial charge in [0.1, 0.15) is 0 Å². The summed E-state index contributed by atoms with van der Waals surface area (Å²) in [4.78, 5) is 10.6. The SMILES string of the molecule is CC(C)Cn1nc(C(=O)O)c(O)c1N. The van der Waals surface area contributed by atoms with Crippen molar-refractivity contribution < 1.29 is 15.0 Å². The Morgan fingerprint density at radius 1 is 1.64 bits per heavy atom. The molecule has 0 aliphatic rings. The Bertz CT molecular complexity index is 357. The maximum Gasteiger partial charge on any atom is 0.360 e. The first kappa shape index (κ1) is 10.4. The molecular formula is C8H13N3O3. The van der Waals surface area contributed by atoms with Crippen LogP contribution in [0.3, 0.4) is 0 Å². The highest BCUT2D eigenvalue weighted by Crippen LogP contribution is 2.24. The van der Waals surface area contributed by atoms with Gasteiger partial charge in [-0.2, -0.15) is 5.10 Å². The molecule has 0 atom stereocenters. The molecule has 0 aromatic carbocycles. The van der Waals surface area contributed by atoms with Gasteiger partial charge in [-0.3, -0.25) is 0 Å². The number of carbonyl (C=O) groups is 1. The third-order valence-electron chi connectivity index (χ3n) is 1.71. The Balaban J connectivity index is 3.08. The minimum absolute atomic E-state index is 0.00361. The molecule has 0 fully saturated rings. The normalized spacial score (nSPS) is 10.8. The minimum atomic E-state index is -1.28. The van der Waals surface area contributed by atoms with Crippen molar-refractivity contribution in [2.24, 2.45) is 5.92 Å². The molecule has 0 radical (unpaired) electrons. The summed E-state index contributed by atoms with van der Waals surface area (Å²) in [5, 5.41) is 21.6. The van der Waals surface area contributed by atoms with E-state index in [1.807, 2.05) is 13.8 Å². The first-order valence-electron chi connectivity index (χ1n) is 4.22. The number of aromatic hydroxyl groups is 1. The van der Waals surface area contributed by atoms with Crippen molar-refractivity contribution in [1.29, 1.82) is 0 Å². The second kappa shape index (κ2) is 3.57. The Labute approximate surface area is 81.0 Å². The monoisotopic (exact) mass is 199 g/mol. The zero-order valence-electron chi connectivity index (χ0n) is 8.06. The van der Waals surface area contributed by atoms with E-state index in [9.17, 15) is 9.90 Å². The maximum absolute atomic E-state index is 10.6. The summed E-state index contributed by atoms with van der Waals surface area (Å²) in [6.45, 7) is 4.36. The van der Waals surface area contributed by atoms with Crippen LogP contribution < -0.4 is 5.73 Å². The van der Waals surface area contributed by atoms with Gasteiger partial charge in [0.25, 0.3) is 0 Å². The molecule has 1 heterocycles. The number of aromatic nitrogens is 2. The molecular weight excluding hydrogens is 186 g/mol. The van der Waals surface area contributed by atoms with Crippen LogP contribution in [-0.4, -0.2) is 26.0 Å². The number of anilines is 1. The molecule has 0 spiro atoms. The van der Waals surface area contributed by atoms with Crippen LogP contribution in [0, 0.1) is 5.92 Å². The zero-order chi connectivity index (χ0) is 10.9. The van der Waals surface area contributed by atoms with Crippen LogP contribution in [-0.2, 0) is 6.54 Å². The fourth-order valence-corrected chi connectivity index (χ4v) is 1.09. The van der Waals surface area contributed by atoms with Crippen LogP contribution in [0.1, 0.15) is 24.3 Å². The smallest absolute Gasteiger partial charge is 0.360 e. The number of hydrogen-bond donors (Lipinski definition) is 3. The second-order valence-corrected chi connectivity index (χ2v) is 3.46. The number of carboxylic acids is 1. The highest BCUT2D eigenvalue weighted by atomic mass is 16.4. The lowest BCUT2D eigenvalue weighted by atomic mass is 10.2. The van der Waals surface area contributed by atoms with E-state index in [1.54, 1.807) is 0 Å². The molecule has 0 saturated carbocycles. The number of hydrogen-bond acceptors (Lipinski definition) is 4. The van der Waals surface area contributed by atoms with Crippen LogP contribution in [0.4, 0.5) is 5.82 Å². The molecule has 0 bridgehead atoms. The average molecular weight is 199 g/mol. The molecule has 0 amide bonds. The number of nitrogens with zero attached hydrogens (tertiary/aromatic N) is 2. The molecule has 0 aliphatic carbocycles. The summed E-state index contributed by atoms with van der Waals surface area (Å²) in [6.07, 6.45) is 0. The van der Waals surface area contributed by atoms with Gasteiger partial charge >= 0.3 is 5.97 Å². The van der Waals surface area contributed by atoms with Gasteiger partial charge in [-0.1, -0.05) is 13.8 Å². The Kier molecular flexibility index (Phi) is 2.64. The molecule has 4 N–H and O–H groups in total. The molecule has 14 heavy (non-hydrogen) atoms. The lowest BCUT2D eigenvalue weighted by molar-refractivity contribution is 0.0686. The van der Waals surface area contributed by atoms with Crippen LogP contribution in [0.2, 0.25) is 0 Å². The third kappa shape index (κ3) is 1.78. The van der Waals surface area contributed by atoms with Crippen molar-refractivity contribution in [2.45, 2.75) is 20.4 Å². The molecule has 6 nitrogen and oxygen atoms in total. The third-order valence-corrected chi connectivity index (χ3v) is 1.71. The van der Waals surface area contributed by atoms with Gasteiger partial charge in [-0.25, -0.2) is 9.48 Å². The lowest BCUT2D eigenvalue weighted by Gasteiger charge is -2.05. The van der Waals surface area contributed by atoms with Gasteiger partial charge in [0.15, 0.2) is 11.6 Å². The molecule has 1 rings (SSSR count). The van der Waals surface area contributed by atoms with Crippen LogP contribution in [0.5, 0.6) is 5.75 Å². The van der Waals surface area contributed by atoms with E-state index in [4.69, 9.17) is 10.8 Å². The van der Waals surface area contributed by atoms with Gasteiger partial charge in [0.05, 0.1) is 0 Å². The van der Waals surface area contributed by atoms with E-state index in [-0.39, 0.29) is 11.7 Å². The molecule has 0 aliphatic heterocycles. The summed E-state index contributed by atoms with van der Waals surface area (Å²) in [7, 11) is 0. The lowest BCUT2D eigenvalue weighted by Crippen LogP contribution is -2.10. The molecule has 0 unspecified atom stereocenters. The molecule has 6 heteroatoms. The summed E-state index contributed by atoms with van der Waals surface area (Å²) in [6, 6.07) is 0. The molecule has 1 aromatic rings. The number of rotatable bonds is 3. The van der Waals surface area contributed by atoms with Gasteiger partial charge in [-0.15, -0.1) is 0 Å². The highest BCUT2D eigenvalue weighted by molar-refractivity contribution is 5.90. The summed E-state index contributed by atoms with van der Waals surface area (Å²) < 4.78 is 1.30. The minimum Gasteiger partial charge on any atom is -0.503 e. The van der Waals surface area contributed by atoms with Crippen LogP contribution in [0.25, 0.3) is 0 Å². The van der Waals surface area contributed by atoms with E-state index in [0.717, 1.165) is 0 Å². The van der Waals surface area contributed by atoms with Crippen molar-refractivity contribution in [3.8, 4) is 5.75 Å². The topological polar surface area (TPSA) is 101 Å². The van der Waals surface area contributed by atoms with Gasteiger partial charge < -0.3 is 15.9 Å². The standard InChI is InChI=1S/C8H13N3O3/c1-4(2)3-11-7(9)6(12)5(10-11)8(13)14/h4,12H,3,9H2,1-2H3,(H,13,14). The van der Waals surface area contributed by atoms with Crippen molar-refractivity contribution in [2.75, 3.05) is 5.73 Å². The van der Waals surface area contributed by atoms with Gasteiger partial charge in [-0.05, 0) is 5.92 Å². The predicted octanol–water partition coefficient (Wildman–Crippen LogP) is 0.525. The Morgan fingerprint density at radius 3 is 2.57 bits per heavy atom. The van der Waals surface area contributed by atoms with Crippen LogP contribution >= 0.6 is 0 Å². The number of nitrogen functional groups attached to an aromatic ring is 1. The fourth-order valence-electron chi connectivity index (χ4n) is 1.09. The molecule has 1 aromatic heterocycles. The van der Waals surface area contributed by atoms with E-state index in [2.05, 4.69) is 5.10 Å². The van der Waals surface area contributed by atoms with E-state index >= 15 is 0 Å². The van der Waals surface area contributed by atoms with E-state index in [1.165, 1.54) is 4.68 Å². The van der Waals surface area contributed by atoms with E-state index in [0.29, 0.717) is 6.54 Å². The van der Waals surface area contributed by atoms with Crippen molar-refractivity contribution in [3.05, 3.63) is 5.69 Å². The average Bonchev–Trinajstić information content (AvgIpc) is 2.32. The Hall–Kier alpha value is -1.72. The first-order chi connectivity index (χ1) is 6.43. The predicted molar refractivity (Wildman–Crippen MR) is 50.1 cm³/mol. The summed E-state index contributed by atoms with van der Waals surface area (Å²) in [5.41, 5.74) is 5.08. The van der Waals surface area contributed by atoms with Gasteiger partial charge in [0, 0.05) is 6.54 Å². The van der Waals surface area contributed by atoms with E-state index < -0.39 is 17.4 Å². The molecule has 78 valence electrons. The largest absolute Gasteiger partial charge is 0.503 e. The Morgan fingerprint density at radius 2 is 2.21 bits per heavy atom. The van der Waals surface area contributed by atoms with Crippen LogP contribution in [0.15, 0.2) is 0 Å². The first-order valence-corrected chi connectivity index (χ1v) is 4.22. The molecule has 0 saturated heterocycles. The number of nitrogens with two attached hydrogens (primary N) is 1. The number of aromatic carboxylic acids is 1. The van der Waals surface area contributed by atoms with Crippen molar-refractivity contribution >= 4 is 11.8 Å². The van der Waals surface area contributed by atoms with Crippen molar-refractivity contribution in [1.82, 2.24) is 9.78 Å². The number of carboxylic acid groups (broad SMARTS) is 1. The highest BCUT2D eigenvalue weighted by Gasteiger charge is 2.20. The maximum atomic E-state index is 10.6. The summed E-state index contributed by atoms with van der Waals surface area (Å²) in [5.74, 6) is -1.47. The quantitative estimate of drug-likeness (QED) is 0.658. The van der Waals surface area contributed by atoms with Gasteiger partial charge in [0.2, 0.25) is 5.69 Å². The summed E-state index contributed by atoms with van der Waals surface area (Å²) >= 11 is 0. The zero-order valence-corrected chi connectivity index (χ0v) is 8.06. The van der Waals surface area contributed by atoms with Crippen molar-refractivity contribution in [3.63, 3.8) is 0 Å². The second-order valence-electron chi connectivity index (χ2n) is 3.46.